The van der Waals surface area contributed by atoms with E-state index in [0.29, 0.717) is 0 Å². The topological polar surface area (TPSA) is 68.7 Å². The van der Waals surface area contributed by atoms with Crippen LogP contribution in [0.3, 0.4) is 0 Å². The second-order valence-corrected chi connectivity index (χ2v) is 6.51. The van der Waals surface area contributed by atoms with Gasteiger partial charge >= 0.3 is 0 Å². The van der Waals surface area contributed by atoms with Gasteiger partial charge in [-0.05, 0) is 18.2 Å². The lowest BCUT2D eigenvalue weighted by atomic mass is 10.3. The molecule has 0 radical (unpaired) electrons. The summed E-state index contributed by atoms with van der Waals surface area (Å²) < 4.78 is 0. The van der Waals surface area contributed by atoms with Crippen molar-refractivity contribution in [1.82, 2.24) is 19.9 Å². The molecule has 2 fully saturated rings. The molecule has 0 spiro atoms. The SMILES string of the molecule is O=CN1CCN(c2ccnc(N3CCN(c4ccccn4)CC3)n2)CC1. The molecule has 1 amide bonds. The Balaban J connectivity index is 1.39. The van der Waals surface area contributed by atoms with Crippen LogP contribution in [0.25, 0.3) is 0 Å². The van der Waals surface area contributed by atoms with Crippen LogP contribution < -0.4 is 14.7 Å². The molecular formula is C18H23N7O. The van der Waals surface area contributed by atoms with Gasteiger partial charge in [-0.15, -0.1) is 0 Å². The van der Waals surface area contributed by atoms with Gasteiger partial charge in [-0.3, -0.25) is 4.79 Å². The van der Waals surface area contributed by atoms with Gasteiger partial charge in [-0.25, -0.2) is 9.97 Å². The molecule has 0 N–H and O–H groups in total. The molecule has 8 nitrogen and oxygen atoms in total. The van der Waals surface area contributed by atoms with E-state index in [4.69, 9.17) is 4.98 Å². The molecule has 0 saturated carbocycles. The van der Waals surface area contributed by atoms with E-state index in [1.54, 1.807) is 4.90 Å². The number of nitrogens with zero attached hydrogens (tertiary/aromatic N) is 7. The summed E-state index contributed by atoms with van der Waals surface area (Å²) in [7, 11) is 0. The van der Waals surface area contributed by atoms with Crippen molar-refractivity contribution < 1.29 is 4.79 Å². The Labute approximate surface area is 153 Å². The normalized spacial score (nSPS) is 18.2. The zero-order valence-electron chi connectivity index (χ0n) is 14.7. The van der Waals surface area contributed by atoms with Crippen molar-refractivity contribution in [1.29, 1.82) is 0 Å². The maximum atomic E-state index is 10.9. The highest BCUT2D eigenvalue weighted by Crippen LogP contribution is 2.19. The first-order valence-electron chi connectivity index (χ1n) is 9.02. The first-order chi connectivity index (χ1) is 12.8. The van der Waals surface area contributed by atoms with Gasteiger partial charge in [0.25, 0.3) is 0 Å². The van der Waals surface area contributed by atoms with Crippen molar-refractivity contribution in [3.8, 4) is 0 Å². The fraction of sp³-hybridized carbons (Fsp3) is 0.444. The zero-order valence-corrected chi connectivity index (χ0v) is 14.7. The molecule has 2 aliphatic rings. The predicted octanol–water partition coefficient (Wildman–Crippen LogP) is 0.477. The van der Waals surface area contributed by atoms with Crippen molar-refractivity contribution >= 4 is 24.0 Å². The van der Waals surface area contributed by atoms with Crippen LogP contribution in [-0.2, 0) is 4.79 Å². The summed E-state index contributed by atoms with van der Waals surface area (Å²) in [5, 5.41) is 0. The molecule has 0 unspecified atom stereocenters. The van der Waals surface area contributed by atoms with Gasteiger partial charge in [0.05, 0.1) is 0 Å². The molecule has 2 aromatic heterocycles. The summed E-state index contributed by atoms with van der Waals surface area (Å²) >= 11 is 0. The highest BCUT2D eigenvalue weighted by molar-refractivity contribution is 5.50. The van der Waals surface area contributed by atoms with Gasteiger partial charge in [-0.2, -0.15) is 4.98 Å². The van der Waals surface area contributed by atoms with E-state index in [2.05, 4.69) is 24.7 Å². The molecular weight excluding hydrogens is 330 g/mol. The number of carbonyl (C=O) groups excluding carboxylic acids is 1. The van der Waals surface area contributed by atoms with E-state index < -0.39 is 0 Å². The molecule has 2 aromatic rings. The van der Waals surface area contributed by atoms with Crippen molar-refractivity contribution in [2.75, 3.05) is 67.1 Å². The number of amides is 1. The molecule has 0 aliphatic carbocycles. The van der Waals surface area contributed by atoms with Crippen LogP contribution in [0.4, 0.5) is 17.6 Å². The molecule has 26 heavy (non-hydrogen) atoms. The minimum Gasteiger partial charge on any atom is -0.353 e. The van der Waals surface area contributed by atoms with Crippen molar-refractivity contribution in [3.05, 3.63) is 36.7 Å². The molecule has 2 saturated heterocycles. The number of carbonyl (C=O) groups is 1. The fourth-order valence-electron chi connectivity index (χ4n) is 3.40. The Bertz CT molecular complexity index is 725. The van der Waals surface area contributed by atoms with Gasteiger partial charge in [0, 0.05) is 64.8 Å². The average Bonchev–Trinajstić information content (AvgIpc) is 2.75. The standard InChI is InChI=1S/C18H23N7O/c26-15-22-7-9-24(10-8-22)17-4-6-20-18(21-17)25-13-11-23(12-14-25)16-3-1-2-5-19-16/h1-6,15H,7-14H2. The number of piperazine rings is 2. The van der Waals surface area contributed by atoms with Crippen molar-refractivity contribution in [2.24, 2.45) is 0 Å². The summed E-state index contributed by atoms with van der Waals surface area (Å²) in [6.45, 7) is 6.66. The van der Waals surface area contributed by atoms with Crippen molar-refractivity contribution in [3.63, 3.8) is 0 Å². The molecule has 0 bridgehead atoms. The minimum absolute atomic E-state index is 0.742. The van der Waals surface area contributed by atoms with E-state index in [1.165, 1.54) is 0 Å². The van der Waals surface area contributed by atoms with Crippen LogP contribution in [-0.4, -0.2) is 78.6 Å². The maximum Gasteiger partial charge on any atom is 0.227 e. The van der Waals surface area contributed by atoms with Crippen LogP contribution in [0.5, 0.6) is 0 Å². The Morgan fingerprint density at radius 2 is 1.42 bits per heavy atom. The molecule has 8 heteroatoms. The first-order valence-corrected chi connectivity index (χ1v) is 9.02. The maximum absolute atomic E-state index is 10.9. The average molecular weight is 353 g/mol. The highest BCUT2D eigenvalue weighted by Gasteiger charge is 2.22. The number of anilines is 3. The largest absolute Gasteiger partial charge is 0.353 e. The second-order valence-electron chi connectivity index (χ2n) is 6.51. The van der Waals surface area contributed by atoms with Gasteiger partial charge in [0.1, 0.15) is 11.6 Å². The van der Waals surface area contributed by atoms with Gasteiger partial charge in [-0.1, -0.05) is 6.07 Å². The summed E-state index contributed by atoms with van der Waals surface area (Å²) in [5.41, 5.74) is 0. The number of hydrogen-bond donors (Lipinski definition) is 0. The van der Waals surface area contributed by atoms with E-state index >= 15 is 0 Å². The van der Waals surface area contributed by atoms with Crippen LogP contribution in [0.1, 0.15) is 0 Å². The summed E-state index contributed by atoms with van der Waals surface area (Å²) in [6, 6.07) is 7.95. The van der Waals surface area contributed by atoms with E-state index in [1.807, 2.05) is 36.7 Å². The van der Waals surface area contributed by atoms with Gasteiger partial charge in [0.15, 0.2) is 0 Å². The zero-order chi connectivity index (χ0) is 17.8. The van der Waals surface area contributed by atoms with Gasteiger partial charge in [0.2, 0.25) is 12.4 Å². The molecule has 4 heterocycles. The van der Waals surface area contributed by atoms with Crippen molar-refractivity contribution in [2.45, 2.75) is 0 Å². The minimum atomic E-state index is 0.742. The molecule has 0 aromatic carbocycles. The van der Waals surface area contributed by atoms with E-state index in [9.17, 15) is 4.79 Å². The van der Waals surface area contributed by atoms with E-state index in [-0.39, 0.29) is 0 Å². The Morgan fingerprint density at radius 3 is 2.12 bits per heavy atom. The van der Waals surface area contributed by atoms with Crippen LogP contribution >= 0.6 is 0 Å². The Kier molecular flexibility index (Phi) is 4.81. The van der Waals surface area contributed by atoms with Crippen LogP contribution in [0.2, 0.25) is 0 Å². The quantitative estimate of drug-likeness (QED) is 0.741. The third kappa shape index (κ3) is 3.54. The summed E-state index contributed by atoms with van der Waals surface area (Å²) in [6.07, 6.45) is 4.58. The first kappa shape index (κ1) is 16.6. The van der Waals surface area contributed by atoms with E-state index in [0.717, 1.165) is 76.4 Å². The molecule has 4 rings (SSSR count). The Hall–Kier alpha value is -2.90. The third-order valence-corrected chi connectivity index (χ3v) is 4.95. The number of hydrogen-bond acceptors (Lipinski definition) is 7. The smallest absolute Gasteiger partial charge is 0.227 e. The predicted molar refractivity (Wildman–Crippen MR) is 101 cm³/mol. The number of rotatable bonds is 4. The Morgan fingerprint density at radius 1 is 0.731 bits per heavy atom. The lowest BCUT2D eigenvalue weighted by Gasteiger charge is -2.36. The summed E-state index contributed by atoms with van der Waals surface area (Å²) in [4.78, 5) is 33.1. The summed E-state index contributed by atoms with van der Waals surface area (Å²) in [5.74, 6) is 2.74. The lowest BCUT2D eigenvalue weighted by molar-refractivity contribution is -0.118. The molecule has 0 atom stereocenters. The molecule has 136 valence electrons. The van der Waals surface area contributed by atoms with Gasteiger partial charge < -0.3 is 19.6 Å². The lowest BCUT2D eigenvalue weighted by Crippen LogP contribution is -2.48. The second kappa shape index (κ2) is 7.55. The number of pyridine rings is 1. The third-order valence-electron chi connectivity index (χ3n) is 4.95. The fourth-order valence-corrected chi connectivity index (χ4v) is 3.40. The highest BCUT2D eigenvalue weighted by atomic mass is 16.1. The number of aromatic nitrogens is 3. The van der Waals surface area contributed by atoms with Crippen LogP contribution in [0, 0.1) is 0 Å². The molecule has 2 aliphatic heterocycles. The van der Waals surface area contributed by atoms with Crippen LogP contribution in [0.15, 0.2) is 36.7 Å². The monoisotopic (exact) mass is 353 g/mol.